The number of hydrogen-bond acceptors (Lipinski definition) is 5. The number of aryl methyl sites for hydroxylation is 1. The first-order valence-corrected chi connectivity index (χ1v) is 9.37. The molecule has 0 aliphatic rings. The van der Waals surface area contributed by atoms with Crippen molar-refractivity contribution in [3.8, 4) is 0 Å². The Morgan fingerprint density at radius 2 is 1.89 bits per heavy atom. The van der Waals surface area contributed by atoms with Gasteiger partial charge in [-0.25, -0.2) is 16.8 Å². The van der Waals surface area contributed by atoms with Gasteiger partial charge in [0.25, 0.3) is 10.0 Å². The number of H-pyrrole nitrogens is 1. The zero-order chi connectivity index (χ0) is 14.8. The molecule has 0 amide bonds. The highest BCUT2D eigenvalue weighted by Gasteiger charge is 2.28. The lowest BCUT2D eigenvalue weighted by Crippen LogP contribution is -2.32. The lowest BCUT2D eigenvalue weighted by atomic mass is 10.3. The second-order valence-electron chi connectivity index (χ2n) is 4.22. The van der Waals surface area contributed by atoms with Crippen LogP contribution in [0.15, 0.2) is 5.03 Å². The SMILES string of the molecule is Cc1[nH]nc(S(=O)(=O)N(C)CCS(C)(=O)=O)c1CCl. The molecule has 110 valence electrons. The third-order valence-corrected chi connectivity index (χ3v) is 5.62. The summed E-state index contributed by atoms with van der Waals surface area (Å²) < 4.78 is 47.5. The molecular weight excluding hydrogens is 314 g/mol. The van der Waals surface area contributed by atoms with Crippen LogP contribution in [0.2, 0.25) is 0 Å². The Hall–Kier alpha value is -0.640. The number of hydrogen-bond donors (Lipinski definition) is 1. The Balaban J connectivity index is 3.03. The molecule has 1 heterocycles. The normalized spacial score (nSPS) is 13.1. The summed E-state index contributed by atoms with van der Waals surface area (Å²) in [4.78, 5) is 0. The van der Waals surface area contributed by atoms with Gasteiger partial charge in [-0.15, -0.1) is 11.6 Å². The minimum absolute atomic E-state index is 0.0107. The molecule has 1 N–H and O–H groups in total. The summed E-state index contributed by atoms with van der Waals surface area (Å²) in [5.41, 5.74) is 0.970. The third kappa shape index (κ3) is 3.91. The Labute approximate surface area is 117 Å². The molecule has 1 rings (SSSR count). The first kappa shape index (κ1) is 16.4. The smallest absolute Gasteiger partial charge is 0.262 e. The Kier molecular flexibility index (Phi) is 4.99. The highest BCUT2D eigenvalue weighted by Crippen LogP contribution is 2.21. The summed E-state index contributed by atoms with van der Waals surface area (Å²) in [6.45, 7) is 1.54. The number of aromatic nitrogens is 2. The van der Waals surface area contributed by atoms with Crippen molar-refractivity contribution in [2.75, 3.05) is 25.6 Å². The number of nitrogens with one attached hydrogen (secondary N) is 1. The fourth-order valence-electron chi connectivity index (χ4n) is 1.36. The maximum Gasteiger partial charge on any atom is 0.262 e. The van der Waals surface area contributed by atoms with Crippen LogP contribution in [0.1, 0.15) is 11.3 Å². The van der Waals surface area contributed by atoms with Gasteiger partial charge in [-0.3, -0.25) is 5.10 Å². The molecule has 0 saturated carbocycles. The molecule has 1 aromatic rings. The van der Waals surface area contributed by atoms with E-state index in [4.69, 9.17) is 11.6 Å². The molecule has 19 heavy (non-hydrogen) atoms. The van der Waals surface area contributed by atoms with Crippen LogP contribution in [0.4, 0.5) is 0 Å². The van der Waals surface area contributed by atoms with Crippen LogP contribution in [0.3, 0.4) is 0 Å². The van der Waals surface area contributed by atoms with E-state index in [1.807, 2.05) is 0 Å². The van der Waals surface area contributed by atoms with Crippen LogP contribution in [0.5, 0.6) is 0 Å². The fourth-order valence-corrected chi connectivity index (χ4v) is 3.81. The summed E-state index contributed by atoms with van der Waals surface area (Å²) in [6, 6.07) is 0. The predicted molar refractivity (Wildman–Crippen MR) is 72.4 cm³/mol. The number of sulfonamides is 1. The van der Waals surface area contributed by atoms with E-state index in [1.165, 1.54) is 7.05 Å². The Bertz CT molecular complexity index is 651. The van der Waals surface area contributed by atoms with Crippen molar-refractivity contribution >= 4 is 31.5 Å². The molecule has 10 heteroatoms. The van der Waals surface area contributed by atoms with Crippen molar-refractivity contribution in [3.05, 3.63) is 11.3 Å². The van der Waals surface area contributed by atoms with E-state index >= 15 is 0 Å². The largest absolute Gasteiger partial charge is 0.281 e. The van der Waals surface area contributed by atoms with Crippen LogP contribution in [-0.4, -0.2) is 56.9 Å². The lowest BCUT2D eigenvalue weighted by Gasteiger charge is -2.15. The van der Waals surface area contributed by atoms with E-state index in [-0.39, 0.29) is 23.2 Å². The van der Waals surface area contributed by atoms with E-state index in [1.54, 1.807) is 6.92 Å². The van der Waals surface area contributed by atoms with Crippen molar-refractivity contribution in [2.24, 2.45) is 0 Å². The fraction of sp³-hybridized carbons (Fsp3) is 0.667. The van der Waals surface area contributed by atoms with Crippen LogP contribution in [-0.2, 0) is 25.7 Å². The predicted octanol–water partition coefficient (Wildman–Crippen LogP) is 0.122. The van der Waals surface area contributed by atoms with Gasteiger partial charge in [0.2, 0.25) is 0 Å². The van der Waals surface area contributed by atoms with Gasteiger partial charge in [-0.05, 0) is 6.92 Å². The molecule has 1 aromatic heterocycles. The van der Waals surface area contributed by atoms with Crippen molar-refractivity contribution in [1.82, 2.24) is 14.5 Å². The zero-order valence-corrected chi connectivity index (χ0v) is 13.2. The van der Waals surface area contributed by atoms with Crippen molar-refractivity contribution in [1.29, 1.82) is 0 Å². The number of nitrogens with zero attached hydrogens (tertiary/aromatic N) is 2. The van der Waals surface area contributed by atoms with Gasteiger partial charge in [0.15, 0.2) is 5.03 Å². The highest BCUT2D eigenvalue weighted by molar-refractivity contribution is 7.91. The summed E-state index contributed by atoms with van der Waals surface area (Å²) in [5.74, 6) is -0.237. The monoisotopic (exact) mass is 329 g/mol. The maximum absolute atomic E-state index is 12.2. The summed E-state index contributed by atoms with van der Waals surface area (Å²) in [7, 11) is -5.77. The maximum atomic E-state index is 12.2. The van der Waals surface area contributed by atoms with Crippen LogP contribution in [0, 0.1) is 6.92 Å². The van der Waals surface area contributed by atoms with Crippen molar-refractivity contribution in [2.45, 2.75) is 17.8 Å². The molecule has 0 fully saturated rings. The highest BCUT2D eigenvalue weighted by atomic mass is 35.5. The van der Waals surface area contributed by atoms with Gasteiger partial charge >= 0.3 is 0 Å². The number of sulfone groups is 1. The number of rotatable bonds is 6. The van der Waals surface area contributed by atoms with Gasteiger partial charge in [0, 0.05) is 31.1 Å². The minimum atomic E-state index is -3.84. The summed E-state index contributed by atoms with van der Waals surface area (Å²) in [6.07, 6.45) is 1.05. The number of halogens is 1. The third-order valence-electron chi connectivity index (χ3n) is 2.60. The molecule has 0 aromatic carbocycles. The first-order chi connectivity index (χ1) is 8.59. The van der Waals surface area contributed by atoms with Gasteiger partial charge in [0.05, 0.1) is 11.6 Å². The quantitative estimate of drug-likeness (QED) is 0.747. The van der Waals surface area contributed by atoms with Gasteiger partial charge in [-0.2, -0.15) is 9.40 Å². The van der Waals surface area contributed by atoms with E-state index in [9.17, 15) is 16.8 Å². The average Bonchev–Trinajstić information content (AvgIpc) is 2.66. The van der Waals surface area contributed by atoms with E-state index in [2.05, 4.69) is 10.2 Å². The Morgan fingerprint density at radius 1 is 1.32 bits per heavy atom. The van der Waals surface area contributed by atoms with Gasteiger partial charge in [0.1, 0.15) is 9.84 Å². The van der Waals surface area contributed by atoms with Crippen LogP contribution < -0.4 is 0 Å². The molecule has 0 bridgehead atoms. The van der Waals surface area contributed by atoms with Crippen LogP contribution >= 0.6 is 11.6 Å². The molecule has 0 aliphatic heterocycles. The molecule has 0 saturated heterocycles. The second-order valence-corrected chi connectivity index (χ2v) is 8.71. The lowest BCUT2D eigenvalue weighted by molar-refractivity contribution is 0.481. The molecule has 0 spiro atoms. The van der Waals surface area contributed by atoms with Crippen molar-refractivity contribution in [3.63, 3.8) is 0 Å². The van der Waals surface area contributed by atoms with Crippen LogP contribution in [0.25, 0.3) is 0 Å². The Morgan fingerprint density at radius 3 is 2.37 bits per heavy atom. The molecule has 0 unspecified atom stereocenters. The van der Waals surface area contributed by atoms with E-state index < -0.39 is 19.9 Å². The summed E-state index contributed by atoms with van der Waals surface area (Å²) in [5, 5.41) is 6.14. The van der Waals surface area contributed by atoms with E-state index in [0.717, 1.165) is 10.6 Å². The standard InChI is InChI=1S/C9H16ClN3O4S2/c1-7-8(6-10)9(12-11-7)19(16,17)13(2)4-5-18(3,14)15/h4-6H2,1-3H3,(H,11,12). The number of alkyl halides is 1. The van der Waals surface area contributed by atoms with Gasteiger partial charge < -0.3 is 0 Å². The molecule has 7 nitrogen and oxygen atoms in total. The molecule has 0 atom stereocenters. The molecular formula is C9H16ClN3O4S2. The number of aromatic amines is 1. The minimum Gasteiger partial charge on any atom is -0.281 e. The zero-order valence-electron chi connectivity index (χ0n) is 10.8. The van der Waals surface area contributed by atoms with Gasteiger partial charge in [-0.1, -0.05) is 0 Å². The summed E-state index contributed by atoms with van der Waals surface area (Å²) >= 11 is 5.70. The second kappa shape index (κ2) is 5.78. The van der Waals surface area contributed by atoms with Crippen molar-refractivity contribution < 1.29 is 16.8 Å². The average molecular weight is 330 g/mol. The first-order valence-electron chi connectivity index (χ1n) is 5.33. The molecule has 0 radical (unpaired) electrons. The van der Waals surface area contributed by atoms with E-state index in [0.29, 0.717) is 11.3 Å². The topological polar surface area (TPSA) is 100 Å². The molecule has 0 aliphatic carbocycles.